The molecule has 0 saturated heterocycles. The van der Waals surface area contributed by atoms with E-state index in [4.69, 9.17) is 4.42 Å². The lowest BCUT2D eigenvalue weighted by Crippen LogP contribution is -2.20. The van der Waals surface area contributed by atoms with Gasteiger partial charge in [0.15, 0.2) is 11.4 Å². The molecule has 0 fully saturated rings. The minimum absolute atomic E-state index is 0.272. The Balaban J connectivity index is 2.33. The highest BCUT2D eigenvalue weighted by molar-refractivity contribution is 5.78. The molecule has 1 aromatic heterocycles. The predicted molar refractivity (Wildman–Crippen MR) is 67.7 cm³/mol. The van der Waals surface area contributed by atoms with Gasteiger partial charge in [0.25, 0.3) is 0 Å². The first-order valence-corrected chi connectivity index (χ1v) is 5.96. The van der Waals surface area contributed by atoms with Crippen molar-refractivity contribution in [2.75, 3.05) is 13.6 Å². The summed E-state index contributed by atoms with van der Waals surface area (Å²) in [5.41, 5.74) is 0.367. The standard InChI is InChI=1S/C14H18FNO/c1-9(8-16-3)10(2)13-7-11-5-4-6-12(15)14(11)17-13/h4-7,9-10,16H,8H2,1-3H3. The molecule has 0 spiro atoms. The Labute approximate surface area is 101 Å². The molecular formula is C14H18FNO. The van der Waals surface area contributed by atoms with Crippen LogP contribution in [0.4, 0.5) is 4.39 Å². The Kier molecular flexibility index (Phi) is 3.48. The molecule has 0 aliphatic carbocycles. The largest absolute Gasteiger partial charge is 0.458 e. The van der Waals surface area contributed by atoms with Crippen LogP contribution in [0.5, 0.6) is 0 Å². The van der Waals surface area contributed by atoms with Crippen LogP contribution in [0, 0.1) is 11.7 Å². The van der Waals surface area contributed by atoms with Crippen molar-refractivity contribution in [1.29, 1.82) is 0 Å². The first-order chi connectivity index (χ1) is 8.13. The Bertz CT molecular complexity index is 506. The zero-order valence-corrected chi connectivity index (χ0v) is 10.5. The summed E-state index contributed by atoms with van der Waals surface area (Å²) in [5, 5.41) is 3.98. The van der Waals surface area contributed by atoms with E-state index in [2.05, 4.69) is 19.2 Å². The van der Waals surface area contributed by atoms with Crippen molar-refractivity contribution in [2.45, 2.75) is 19.8 Å². The second-order valence-electron chi connectivity index (χ2n) is 4.63. The van der Waals surface area contributed by atoms with Gasteiger partial charge >= 0.3 is 0 Å². The van der Waals surface area contributed by atoms with Crippen molar-refractivity contribution in [3.05, 3.63) is 35.8 Å². The number of halogens is 1. The highest BCUT2D eigenvalue weighted by Crippen LogP contribution is 2.30. The van der Waals surface area contributed by atoms with Gasteiger partial charge in [-0.15, -0.1) is 0 Å². The molecule has 2 nitrogen and oxygen atoms in total. The number of fused-ring (bicyclic) bond motifs is 1. The molecule has 1 heterocycles. The molecule has 1 N–H and O–H groups in total. The molecule has 0 amide bonds. The van der Waals surface area contributed by atoms with E-state index in [9.17, 15) is 4.39 Å². The van der Waals surface area contributed by atoms with Gasteiger partial charge in [-0.2, -0.15) is 0 Å². The van der Waals surface area contributed by atoms with Crippen LogP contribution < -0.4 is 5.32 Å². The van der Waals surface area contributed by atoms with Gasteiger partial charge in [0.05, 0.1) is 0 Å². The van der Waals surface area contributed by atoms with Crippen LogP contribution in [0.15, 0.2) is 28.7 Å². The van der Waals surface area contributed by atoms with Gasteiger partial charge in [0.1, 0.15) is 5.76 Å². The lowest BCUT2D eigenvalue weighted by Gasteiger charge is -2.16. The summed E-state index contributed by atoms with van der Waals surface area (Å²) < 4.78 is 19.1. The molecule has 0 aliphatic heterocycles. The van der Waals surface area contributed by atoms with Crippen LogP contribution in [0.3, 0.4) is 0 Å². The van der Waals surface area contributed by atoms with Gasteiger partial charge in [0.2, 0.25) is 0 Å². The number of nitrogens with one attached hydrogen (secondary N) is 1. The molecule has 2 atom stereocenters. The predicted octanol–water partition coefficient (Wildman–Crippen LogP) is 3.53. The third kappa shape index (κ3) is 2.34. The van der Waals surface area contributed by atoms with E-state index in [1.165, 1.54) is 6.07 Å². The van der Waals surface area contributed by atoms with E-state index >= 15 is 0 Å². The number of furan rings is 1. The molecular weight excluding hydrogens is 217 g/mol. The molecule has 1 aromatic carbocycles. The second-order valence-corrected chi connectivity index (χ2v) is 4.63. The van der Waals surface area contributed by atoms with Gasteiger partial charge in [-0.3, -0.25) is 0 Å². The van der Waals surface area contributed by atoms with Gasteiger partial charge in [-0.25, -0.2) is 4.39 Å². The molecule has 0 bridgehead atoms. The number of para-hydroxylation sites is 1. The number of hydrogen-bond donors (Lipinski definition) is 1. The highest BCUT2D eigenvalue weighted by atomic mass is 19.1. The second kappa shape index (κ2) is 4.88. The van der Waals surface area contributed by atoms with Gasteiger partial charge in [0, 0.05) is 11.3 Å². The summed E-state index contributed by atoms with van der Waals surface area (Å²) in [5.74, 6) is 1.29. The Hall–Kier alpha value is -1.35. The van der Waals surface area contributed by atoms with E-state index in [0.29, 0.717) is 11.5 Å². The van der Waals surface area contributed by atoms with E-state index in [-0.39, 0.29) is 11.7 Å². The van der Waals surface area contributed by atoms with E-state index < -0.39 is 0 Å². The molecule has 0 aliphatic rings. The van der Waals surface area contributed by atoms with Gasteiger partial charge < -0.3 is 9.73 Å². The summed E-state index contributed by atoms with van der Waals surface area (Å²) in [6, 6.07) is 6.95. The summed E-state index contributed by atoms with van der Waals surface area (Å²) in [6.45, 7) is 5.18. The zero-order chi connectivity index (χ0) is 12.4. The third-order valence-electron chi connectivity index (χ3n) is 3.34. The maximum atomic E-state index is 13.5. The van der Waals surface area contributed by atoms with Gasteiger partial charge in [-0.1, -0.05) is 26.0 Å². The number of benzene rings is 1. The molecule has 2 aromatic rings. The van der Waals surface area contributed by atoms with Crippen LogP contribution in [0.2, 0.25) is 0 Å². The molecule has 0 radical (unpaired) electrons. The normalized spacial score (nSPS) is 15.1. The molecule has 0 saturated carbocycles. The van der Waals surface area contributed by atoms with Crippen LogP contribution >= 0.6 is 0 Å². The fourth-order valence-corrected chi connectivity index (χ4v) is 2.05. The fourth-order valence-electron chi connectivity index (χ4n) is 2.05. The van der Waals surface area contributed by atoms with Crippen LogP contribution in [0.1, 0.15) is 25.5 Å². The maximum Gasteiger partial charge on any atom is 0.169 e. The average molecular weight is 235 g/mol. The summed E-state index contributed by atoms with van der Waals surface area (Å²) in [6.07, 6.45) is 0. The molecule has 3 heteroatoms. The minimum Gasteiger partial charge on any atom is -0.458 e. The Morgan fingerprint density at radius 3 is 2.76 bits per heavy atom. The monoisotopic (exact) mass is 235 g/mol. The SMILES string of the molecule is CNCC(C)C(C)c1cc2cccc(F)c2o1. The minimum atomic E-state index is -0.290. The lowest BCUT2D eigenvalue weighted by molar-refractivity contribution is 0.396. The summed E-state index contributed by atoms with van der Waals surface area (Å²) >= 11 is 0. The molecule has 2 rings (SSSR count). The zero-order valence-electron chi connectivity index (χ0n) is 10.5. The van der Waals surface area contributed by atoms with Crippen molar-refractivity contribution in [3.63, 3.8) is 0 Å². The Morgan fingerprint density at radius 2 is 2.12 bits per heavy atom. The van der Waals surface area contributed by atoms with Crippen molar-refractivity contribution < 1.29 is 8.81 Å². The first-order valence-electron chi connectivity index (χ1n) is 5.96. The average Bonchev–Trinajstić information content (AvgIpc) is 2.73. The topological polar surface area (TPSA) is 25.2 Å². The van der Waals surface area contributed by atoms with E-state index in [1.807, 2.05) is 19.2 Å². The van der Waals surface area contributed by atoms with Crippen LogP contribution in [-0.2, 0) is 0 Å². The molecule has 92 valence electrons. The first kappa shape index (κ1) is 12.1. The van der Waals surface area contributed by atoms with Crippen LogP contribution in [-0.4, -0.2) is 13.6 Å². The molecule has 2 unspecified atom stereocenters. The van der Waals surface area contributed by atoms with Crippen molar-refractivity contribution in [1.82, 2.24) is 5.32 Å². The van der Waals surface area contributed by atoms with Gasteiger partial charge in [-0.05, 0) is 31.6 Å². The van der Waals surface area contributed by atoms with E-state index in [1.54, 1.807) is 6.07 Å². The maximum absolute atomic E-state index is 13.5. The van der Waals surface area contributed by atoms with Crippen LogP contribution in [0.25, 0.3) is 11.0 Å². The van der Waals surface area contributed by atoms with Crippen molar-refractivity contribution in [2.24, 2.45) is 5.92 Å². The third-order valence-corrected chi connectivity index (χ3v) is 3.34. The Morgan fingerprint density at radius 1 is 1.35 bits per heavy atom. The van der Waals surface area contributed by atoms with E-state index in [0.717, 1.165) is 17.7 Å². The lowest BCUT2D eigenvalue weighted by atomic mass is 9.93. The highest BCUT2D eigenvalue weighted by Gasteiger charge is 2.18. The van der Waals surface area contributed by atoms with Crippen molar-refractivity contribution in [3.8, 4) is 0 Å². The summed E-state index contributed by atoms with van der Waals surface area (Å²) in [7, 11) is 1.93. The number of hydrogen-bond acceptors (Lipinski definition) is 2. The number of rotatable bonds is 4. The molecule has 17 heavy (non-hydrogen) atoms. The summed E-state index contributed by atoms with van der Waals surface area (Å²) in [4.78, 5) is 0. The van der Waals surface area contributed by atoms with Crippen molar-refractivity contribution >= 4 is 11.0 Å². The quantitative estimate of drug-likeness (QED) is 0.877. The smallest absolute Gasteiger partial charge is 0.169 e. The fraction of sp³-hybridized carbons (Fsp3) is 0.429.